The number of carbonyl (C=O) groups excluding carboxylic acids is 1. The third kappa shape index (κ3) is 3.90. The molecule has 0 radical (unpaired) electrons. The number of alkyl halides is 2. The van der Waals surface area contributed by atoms with Gasteiger partial charge in [0.15, 0.2) is 6.10 Å². The van der Waals surface area contributed by atoms with Crippen molar-refractivity contribution in [2.75, 3.05) is 5.33 Å². The Bertz CT molecular complexity index is 459. The molecule has 4 nitrogen and oxygen atoms in total. The lowest BCUT2D eigenvalue weighted by molar-refractivity contribution is -0.146. The number of carboxylic acids is 1. The zero-order valence-electron chi connectivity index (χ0n) is 9.40. The highest BCUT2D eigenvalue weighted by molar-refractivity contribution is 9.09. The molecule has 98 valence electrons. The Morgan fingerprint density at radius 1 is 1.22 bits per heavy atom. The predicted octanol–water partition coefficient (Wildman–Crippen LogP) is 2.21. The third-order valence-corrected chi connectivity index (χ3v) is 3.69. The van der Waals surface area contributed by atoms with Gasteiger partial charge in [0, 0.05) is 11.8 Å². The maximum Gasteiger partial charge on any atom is 0.337 e. The van der Waals surface area contributed by atoms with Gasteiger partial charge in [0.25, 0.3) is 0 Å². The Hall–Kier alpha value is -0.720. The zero-order valence-corrected chi connectivity index (χ0v) is 12.6. The van der Waals surface area contributed by atoms with Crippen LogP contribution in [0, 0.1) is 0 Å². The van der Waals surface area contributed by atoms with Gasteiger partial charge in [-0.05, 0) is 16.7 Å². The molecule has 0 aromatic heterocycles. The molecular weight excluding hydrogens is 368 g/mol. The van der Waals surface area contributed by atoms with Gasteiger partial charge in [-0.25, -0.2) is 4.79 Å². The number of aliphatic carboxylic acids is 1. The summed E-state index contributed by atoms with van der Waals surface area (Å²) in [6, 6.07) is 4.83. The Kier molecular flexibility index (Phi) is 5.98. The van der Waals surface area contributed by atoms with Crippen LogP contribution >= 0.6 is 31.9 Å². The van der Waals surface area contributed by atoms with Crippen LogP contribution in [0.3, 0.4) is 0 Å². The van der Waals surface area contributed by atoms with Crippen molar-refractivity contribution in [2.45, 2.75) is 17.9 Å². The smallest absolute Gasteiger partial charge is 0.337 e. The van der Waals surface area contributed by atoms with Gasteiger partial charge in [-0.1, -0.05) is 50.1 Å². The molecule has 0 saturated carbocycles. The second kappa shape index (κ2) is 7.01. The van der Waals surface area contributed by atoms with Crippen molar-refractivity contribution in [1.29, 1.82) is 0 Å². The average Bonchev–Trinajstić information content (AvgIpc) is 2.37. The lowest BCUT2D eigenvalue weighted by Crippen LogP contribution is -2.12. The topological polar surface area (TPSA) is 74.6 Å². The van der Waals surface area contributed by atoms with Gasteiger partial charge in [0.05, 0.1) is 5.33 Å². The molecule has 1 rings (SSSR count). The van der Waals surface area contributed by atoms with Crippen molar-refractivity contribution < 1.29 is 19.8 Å². The molecule has 0 amide bonds. The van der Waals surface area contributed by atoms with Crippen LogP contribution in [-0.4, -0.2) is 27.3 Å². The van der Waals surface area contributed by atoms with Crippen LogP contribution in [0.2, 0.25) is 0 Å². The summed E-state index contributed by atoms with van der Waals surface area (Å²) < 4.78 is 0. The number of carbonyl (C=O) groups is 2. The first-order chi connectivity index (χ1) is 8.49. The molecule has 0 bridgehead atoms. The SMILES string of the molecule is O=C(CBr)Cc1cc(C(O)C(=O)O)ccc1CBr. The Labute approximate surface area is 121 Å². The number of benzene rings is 1. The summed E-state index contributed by atoms with van der Waals surface area (Å²) >= 11 is 6.39. The van der Waals surface area contributed by atoms with Gasteiger partial charge in [-0.3, -0.25) is 4.79 Å². The highest BCUT2D eigenvalue weighted by Crippen LogP contribution is 2.21. The molecule has 1 atom stereocenters. The van der Waals surface area contributed by atoms with Crippen molar-refractivity contribution in [3.8, 4) is 0 Å². The van der Waals surface area contributed by atoms with E-state index in [1.165, 1.54) is 0 Å². The standard InChI is InChI=1S/C12H12Br2O4/c13-5-8-2-1-7(11(16)12(17)18)3-9(8)4-10(15)6-14/h1-3,11,16H,4-6H2,(H,17,18). The van der Waals surface area contributed by atoms with Gasteiger partial charge in [-0.2, -0.15) is 0 Å². The summed E-state index contributed by atoms with van der Waals surface area (Å²) in [4.78, 5) is 22.1. The number of aliphatic hydroxyl groups is 1. The summed E-state index contributed by atoms with van der Waals surface area (Å²) in [5.74, 6) is -1.31. The minimum atomic E-state index is -1.56. The first kappa shape index (κ1) is 15.3. The monoisotopic (exact) mass is 378 g/mol. The summed E-state index contributed by atoms with van der Waals surface area (Å²) in [5.41, 5.74) is 1.92. The van der Waals surface area contributed by atoms with Crippen molar-refractivity contribution in [3.63, 3.8) is 0 Å². The van der Waals surface area contributed by atoms with Gasteiger partial charge in [0.2, 0.25) is 0 Å². The van der Waals surface area contributed by atoms with Crippen LogP contribution in [-0.2, 0) is 21.3 Å². The number of rotatable bonds is 6. The van der Waals surface area contributed by atoms with Crippen molar-refractivity contribution in [2.24, 2.45) is 0 Å². The Morgan fingerprint density at radius 2 is 1.89 bits per heavy atom. The highest BCUT2D eigenvalue weighted by Gasteiger charge is 2.17. The number of halogens is 2. The van der Waals surface area contributed by atoms with Gasteiger partial charge in [-0.15, -0.1) is 0 Å². The molecule has 1 aromatic rings. The van der Waals surface area contributed by atoms with Gasteiger partial charge >= 0.3 is 5.97 Å². The van der Waals surface area contributed by atoms with Gasteiger partial charge in [0.1, 0.15) is 5.78 Å². The number of hydrogen-bond donors (Lipinski definition) is 2. The number of Topliss-reactive ketones (excluding diaryl/α,β-unsaturated/α-hetero) is 1. The molecule has 2 N–H and O–H groups in total. The van der Waals surface area contributed by atoms with Crippen molar-refractivity contribution >= 4 is 43.6 Å². The van der Waals surface area contributed by atoms with E-state index < -0.39 is 12.1 Å². The zero-order chi connectivity index (χ0) is 13.7. The number of ketones is 1. The van der Waals surface area contributed by atoms with Crippen LogP contribution in [0.5, 0.6) is 0 Å². The van der Waals surface area contributed by atoms with Crippen LogP contribution in [0.25, 0.3) is 0 Å². The van der Waals surface area contributed by atoms with E-state index in [4.69, 9.17) is 5.11 Å². The third-order valence-electron chi connectivity index (χ3n) is 2.46. The fraction of sp³-hybridized carbons (Fsp3) is 0.333. The lowest BCUT2D eigenvalue weighted by atomic mass is 9.98. The van der Waals surface area contributed by atoms with Crippen LogP contribution in [0.1, 0.15) is 22.8 Å². The Morgan fingerprint density at radius 3 is 2.39 bits per heavy atom. The van der Waals surface area contributed by atoms with E-state index in [9.17, 15) is 14.7 Å². The van der Waals surface area contributed by atoms with Crippen LogP contribution < -0.4 is 0 Å². The van der Waals surface area contributed by atoms with Crippen LogP contribution in [0.4, 0.5) is 0 Å². The normalized spacial score (nSPS) is 12.2. The van der Waals surface area contributed by atoms with E-state index in [1.54, 1.807) is 18.2 Å². The molecule has 1 unspecified atom stereocenters. The molecule has 0 fully saturated rings. The fourth-order valence-corrected chi connectivity index (χ4v) is 2.26. The number of hydrogen-bond acceptors (Lipinski definition) is 3. The fourth-order valence-electron chi connectivity index (χ4n) is 1.51. The second-order valence-corrected chi connectivity index (χ2v) is 4.87. The van der Waals surface area contributed by atoms with E-state index in [0.29, 0.717) is 5.33 Å². The van der Waals surface area contributed by atoms with Crippen molar-refractivity contribution in [1.82, 2.24) is 0 Å². The average molecular weight is 380 g/mol. The maximum absolute atomic E-state index is 11.4. The summed E-state index contributed by atoms with van der Waals surface area (Å²) in [6.45, 7) is 0. The van der Waals surface area contributed by atoms with E-state index in [1.807, 2.05) is 0 Å². The van der Waals surface area contributed by atoms with E-state index >= 15 is 0 Å². The molecule has 0 saturated heterocycles. The van der Waals surface area contributed by atoms with Crippen molar-refractivity contribution in [3.05, 3.63) is 34.9 Å². The molecule has 6 heteroatoms. The summed E-state index contributed by atoms with van der Waals surface area (Å²) in [6.07, 6.45) is -1.35. The molecular formula is C12H12Br2O4. The Balaban J connectivity index is 3.09. The number of aliphatic hydroxyl groups excluding tert-OH is 1. The molecule has 0 spiro atoms. The predicted molar refractivity (Wildman–Crippen MR) is 74.2 cm³/mol. The largest absolute Gasteiger partial charge is 0.479 e. The van der Waals surface area contributed by atoms with E-state index in [0.717, 1.165) is 11.1 Å². The minimum Gasteiger partial charge on any atom is -0.479 e. The minimum absolute atomic E-state index is 0.000773. The molecule has 0 heterocycles. The second-order valence-electron chi connectivity index (χ2n) is 3.75. The number of carboxylic acid groups (broad SMARTS) is 1. The molecule has 0 aliphatic carbocycles. The van der Waals surface area contributed by atoms with E-state index in [-0.39, 0.29) is 23.1 Å². The van der Waals surface area contributed by atoms with Crippen LogP contribution in [0.15, 0.2) is 18.2 Å². The van der Waals surface area contributed by atoms with E-state index in [2.05, 4.69) is 31.9 Å². The quantitative estimate of drug-likeness (QED) is 0.743. The first-order valence-electron chi connectivity index (χ1n) is 5.15. The first-order valence-corrected chi connectivity index (χ1v) is 7.40. The molecule has 1 aromatic carbocycles. The van der Waals surface area contributed by atoms with Gasteiger partial charge < -0.3 is 10.2 Å². The summed E-state index contributed by atoms with van der Waals surface area (Å²) in [5, 5.41) is 19.0. The highest BCUT2D eigenvalue weighted by atomic mass is 79.9. The molecule has 0 aliphatic rings. The molecule has 0 aliphatic heterocycles. The maximum atomic E-state index is 11.4. The lowest BCUT2D eigenvalue weighted by Gasteiger charge is -2.11. The summed E-state index contributed by atoms with van der Waals surface area (Å²) in [7, 11) is 0. The molecule has 18 heavy (non-hydrogen) atoms.